The van der Waals surface area contributed by atoms with Crippen LogP contribution < -0.4 is 5.32 Å². The van der Waals surface area contributed by atoms with E-state index in [2.05, 4.69) is 5.32 Å². The largest absolute Gasteiger partial charge is 0.344 e. The first-order valence-electron chi connectivity index (χ1n) is 6.21. The second kappa shape index (κ2) is 6.79. The van der Waals surface area contributed by atoms with Crippen LogP contribution in [0.1, 0.15) is 25.0 Å². The van der Waals surface area contributed by atoms with Gasteiger partial charge in [0.25, 0.3) is 0 Å². The number of aryl methyl sites for hydroxylation is 1. The molecule has 0 radical (unpaired) electrons. The van der Waals surface area contributed by atoms with E-state index in [0.717, 1.165) is 5.56 Å². The highest BCUT2D eigenvalue weighted by Crippen LogP contribution is 2.02. The second-order valence-electron chi connectivity index (χ2n) is 4.15. The van der Waals surface area contributed by atoms with Gasteiger partial charge in [-0.25, -0.2) is 0 Å². The van der Waals surface area contributed by atoms with Crippen molar-refractivity contribution in [1.82, 2.24) is 10.2 Å². The summed E-state index contributed by atoms with van der Waals surface area (Å²) >= 11 is 0. The molecule has 0 unspecified atom stereocenters. The van der Waals surface area contributed by atoms with Gasteiger partial charge in [0.1, 0.15) is 0 Å². The van der Waals surface area contributed by atoms with Crippen LogP contribution in [0.2, 0.25) is 0 Å². The molecule has 1 aromatic carbocycles. The standard InChI is InChI=1S/C14H20N2O2/c1-4-16(5-2)14(18)13(17)15-10-12-8-6-11(3)7-9-12/h6-9H,4-5,10H2,1-3H3,(H,15,17). The molecular formula is C14H20N2O2. The fourth-order valence-corrected chi connectivity index (χ4v) is 1.62. The van der Waals surface area contributed by atoms with E-state index in [1.54, 1.807) is 0 Å². The van der Waals surface area contributed by atoms with E-state index < -0.39 is 11.8 Å². The molecule has 0 saturated carbocycles. The minimum atomic E-state index is -0.542. The van der Waals surface area contributed by atoms with E-state index in [-0.39, 0.29) is 0 Å². The van der Waals surface area contributed by atoms with E-state index in [1.165, 1.54) is 10.5 Å². The number of hydrogen-bond acceptors (Lipinski definition) is 2. The average Bonchev–Trinajstić information content (AvgIpc) is 2.39. The van der Waals surface area contributed by atoms with Crippen molar-refractivity contribution in [2.24, 2.45) is 0 Å². The second-order valence-corrected chi connectivity index (χ2v) is 4.15. The molecule has 0 aliphatic carbocycles. The van der Waals surface area contributed by atoms with E-state index in [9.17, 15) is 9.59 Å². The third kappa shape index (κ3) is 3.87. The van der Waals surface area contributed by atoms with Crippen molar-refractivity contribution in [1.29, 1.82) is 0 Å². The van der Waals surface area contributed by atoms with Crippen molar-refractivity contribution in [3.05, 3.63) is 35.4 Å². The summed E-state index contributed by atoms with van der Waals surface area (Å²) in [5.41, 5.74) is 2.16. The van der Waals surface area contributed by atoms with E-state index in [4.69, 9.17) is 0 Å². The Hall–Kier alpha value is -1.84. The number of nitrogens with one attached hydrogen (secondary N) is 1. The van der Waals surface area contributed by atoms with Crippen LogP contribution in [0.3, 0.4) is 0 Å². The van der Waals surface area contributed by atoms with Crippen LogP contribution in [0.5, 0.6) is 0 Å². The van der Waals surface area contributed by atoms with Crippen molar-refractivity contribution in [2.45, 2.75) is 27.3 Å². The lowest BCUT2D eigenvalue weighted by Gasteiger charge is -2.17. The molecule has 0 spiro atoms. The number of likely N-dealkylation sites (N-methyl/N-ethyl adjacent to an activating group) is 1. The molecule has 0 bridgehead atoms. The molecule has 1 rings (SSSR count). The number of carbonyl (C=O) groups excluding carboxylic acids is 2. The highest BCUT2D eigenvalue weighted by molar-refractivity contribution is 6.34. The predicted molar refractivity (Wildman–Crippen MR) is 71.0 cm³/mol. The molecule has 4 nitrogen and oxygen atoms in total. The zero-order valence-electron chi connectivity index (χ0n) is 11.2. The molecule has 0 aliphatic heterocycles. The van der Waals surface area contributed by atoms with Gasteiger partial charge in [-0.05, 0) is 26.3 Å². The van der Waals surface area contributed by atoms with Crippen LogP contribution in [-0.4, -0.2) is 29.8 Å². The Bertz CT molecular complexity index is 408. The van der Waals surface area contributed by atoms with Crippen LogP contribution in [0.15, 0.2) is 24.3 Å². The van der Waals surface area contributed by atoms with Gasteiger partial charge in [-0.1, -0.05) is 29.8 Å². The van der Waals surface area contributed by atoms with Crippen molar-refractivity contribution < 1.29 is 9.59 Å². The van der Waals surface area contributed by atoms with Gasteiger partial charge in [0.2, 0.25) is 0 Å². The Morgan fingerprint density at radius 3 is 2.17 bits per heavy atom. The van der Waals surface area contributed by atoms with Crippen molar-refractivity contribution in [3.8, 4) is 0 Å². The molecule has 98 valence electrons. The Morgan fingerprint density at radius 1 is 1.11 bits per heavy atom. The number of benzene rings is 1. The van der Waals surface area contributed by atoms with Crippen LogP contribution in [0, 0.1) is 6.92 Å². The topological polar surface area (TPSA) is 49.4 Å². The summed E-state index contributed by atoms with van der Waals surface area (Å²) < 4.78 is 0. The summed E-state index contributed by atoms with van der Waals surface area (Å²) in [5, 5.41) is 2.64. The van der Waals surface area contributed by atoms with Crippen LogP contribution >= 0.6 is 0 Å². The molecule has 0 aliphatic rings. The smallest absolute Gasteiger partial charge is 0.311 e. The summed E-state index contributed by atoms with van der Waals surface area (Å²) in [6.45, 7) is 7.20. The van der Waals surface area contributed by atoms with Crippen LogP contribution in [-0.2, 0) is 16.1 Å². The maximum absolute atomic E-state index is 11.7. The number of rotatable bonds is 4. The summed E-state index contributed by atoms with van der Waals surface area (Å²) in [5.74, 6) is -1.01. The van der Waals surface area contributed by atoms with Gasteiger partial charge in [0.15, 0.2) is 0 Å². The highest BCUT2D eigenvalue weighted by atomic mass is 16.2. The zero-order chi connectivity index (χ0) is 13.5. The van der Waals surface area contributed by atoms with Crippen LogP contribution in [0.4, 0.5) is 0 Å². The van der Waals surface area contributed by atoms with Crippen LogP contribution in [0.25, 0.3) is 0 Å². The Balaban J connectivity index is 2.50. The third-order valence-corrected chi connectivity index (χ3v) is 2.82. The Morgan fingerprint density at radius 2 is 1.67 bits per heavy atom. The molecular weight excluding hydrogens is 228 g/mol. The maximum atomic E-state index is 11.7. The molecule has 1 N–H and O–H groups in total. The van der Waals surface area contributed by atoms with Gasteiger partial charge in [-0.15, -0.1) is 0 Å². The summed E-state index contributed by atoms with van der Waals surface area (Å²) in [6, 6.07) is 7.84. The average molecular weight is 248 g/mol. The molecule has 2 amide bonds. The summed E-state index contributed by atoms with van der Waals surface area (Å²) in [6.07, 6.45) is 0. The summed E-state index contributed by atoms with van der Waals surface area (Å²) in [7, 11) is 0. The molecule has 1 aromatic rings. The molecule has 4 heteroatoms. The monoisotopic (exact) mass is 248 g/mol. The first kappa shape index (κ1) is 14.2. The van der Waals surface area contributed by atoms with Crippen molar-refractivity contribution >= 4 is 11.8 Å². The number of carbonyl (C=O) groups is 2. The SMILES string of the molecule is CCN(CC)C(=O)C(=O)NCc1ccc(C)cc1. The minimum Gasteiger partial charge on any atom is -0.344 e. The van der Waals surface area contributed by atoms with E-state index >= 15 is 0 Å². The molecule has 0 saturated heterocycles. The zero-order valence-corrected chi connectivity index (χ0v) is 11.2. The maximum Gasteiger partial charge on any atom is 0.311 e. The first-order chi connectivity index (χ1) is 8.58. The van der Waals surface area contributed by atoms with Crippen molar-refractivity contribution in [2.75, 3.05) is 13.1 Å². The molecule has 0 atom stereocenters. The van der Waals surface area contributed by atoms with Gasteiger partial charge in [-0.3, -0.25) is 9.59 Å². The minimum absolute atomic E-state index is 0.381. The molecule has 0 fully saturated rings. The lowest BCUT2D eigenvalue weighted by molar-refractivity contribution is -0.145. The number of nitrogens with zero attached hydrogens (tertiary/aromatic N) is 1. The lowest BCUT2D eigenvalue weighted by atomic mass is 10.1. The quantitative estimate of drug-likeness (QED) is 0.820. The molecule has 0 heterocycles. The molecule has 18 heavy (non-hydrogen) atoms. The molecule has 0 aromatic heterocycles. The van der Waals surface area contributed by atoms with Gasteiger partial charge >= 0.3 is 11.8 Å². The summed E-state index contributed by atoms with van der Waals surface area (Å²) in [4.78, 5) is 24.8. The number of amides is 2. The highest BCUT2D eigenvalue weighted by Gasteiger charge is 2.18. The third-order valence-electron chi connectivity index (χ3n) is 2.82. The van der Waals surface area contributed by atoms with Crippen molar-refractivity contribution in [3.63, 3.8) is 0 Å². The first-order valence-corrected chi connectivity index (χ1v) is 6.21. The fraction of sp³-hybridized carbons (Fsp3) is 0.429. The Kier molecular flexibility index (Phi) is 5.36. The normalized spacial score (nSPS) is 9.94. The van der Waals surface area contributed by atoms with Gasteiger partial charge in [0, 0.05) is 19.6 Å². The number of hydrogen-bond donors (Lipinski definition) is 1. The van der Waals surface area contributed by atoms with Gasteiger partial charge in [-0.2, -0.15) is 0 Å². The van der Waals surface area contributed by atoms with Gasteiger partial charge < -0.3 is 10.2 Å². The predicted octanol–water partition coefficient (Wildman–Crippen LogP) is 1.48. The van der Waals surface area contributed by atoms with E-state index in [1.807, 2.05) is 45.0 Å². The van der Waals surface area contributed by atoms with Gasteiger partial charge in [0.05, 0.1) is 0 Å². The van der Waals surface area contributed by atoms with E-state index in [0.29, 0.717) is 19.6 Å². The Labute approximate surface area is 108 Å². The fourth-order valence-electron chi connectivity index (χ4n) is 1.62. The lowest BCUT2D eigenvalue weighted by Crippen LogP contribution is -2.42.